The quantitative estimate of drug-likeness (QED) is 0.606. The van der Waals surface area contributed by atoms with Crippen LogP contribution in [0.15, 0.2) is 76.2 Å². The molecule has 1 aromatic heterocycles. The smallest absolute Gasteiger partial charge is 0.261 e. The van der Waals surface area contributed by atoms with Crippen LogP contribution >= 0.6 is 0 Å². The summed E-state index contributed by atoms with van der Waals surface area (Å²) in [6, 6.07) is 14.8. The molecule has 0 saturated heterocycles. The van der Waals surface area contributed by atoms with Gasteiger partial charge in [-0.05, 0) is 79.6 Å². The minimum Gasteiger partial charge on any atom is -0.465 e. The number of nitrogens with one attached hydrogen (secondary N) is 2. The minimum absolute atomic E-state index is 0.106. The average molecular weight is 396 g/mol. The molecule has 0 aliphatic rings. The lowest BCUT2D eigenvalue weighted by Gasteiger charge is -2.10. The van der Waals surface area contributed by atoms with Gasteiger partial charge in [0, 0.05) is 17.5 Å². The van der Waals surface area contributed by atoms with Crippen LogP contribution in [0.3, 0.4) is 0 Å². The van der Waals surface area contributed by atoms with Gasteiger partial charge in [-0.15, -0.1) is 0 Å². The number of aryl methyl sites for hydroxylation is 2. The number of furan rings is 1. The lowest BCUT2D eigenvalue weighted by atomic mass is 10.1. The van der Waals surface area contributed by atoms with E-state index in [0.717, 1.165) is 11.1 Å². The number of amides is 1. The van der Waals surface area contributed by atoms with E-state index in [9.17, 15) is 13.2 Å². The molecule has 28 heavy (non-hydrogen) atoms. The molecule has 0 unspecified atom stereocenters. The number of carbonyl (C=O) groups excluding carboxylic acids is 1. The molecule has 1 amide bonds. The number of hydrogen-bond acceptors (Lipinski definition) is 4. The summed E-state index contributed by atoms with van der Waals surface area (Å²) in [5.74, 6) is 0.217. The van der Waals surface area contributed by atoms with Gasteiger partial charge in [-0.3, -0.25) is 9.52 Å². The molecule has 0 aliphatic carbocycles. The molecule has 0 atom stereocenters. The molecule has 2 N–H and O–H groups in total. The molecular weight excluding hydrogens is 376 g/mol. The van der Waals surface area contributed by atoms with Crippen molar-refractivity contribution >= 4 is 33.4 Å². The molecule has 1 heterocycles. The fraction of sp³-hybridized carbons (Fsp3) is 0.0952. The number of carbonyl (C=O) groups is 1. The molecular formula is C21H20N2O4S. The average Bonchev–Trinajstić information content (AvgIpc) is 3.17. The Morgan fingerprint density at radius 2 is 1.68 bits per heavy atom. The Kier molecular flexibility index (Phi) is 5.65. The summed E-state index contributed by atoms with van der Waals surface area (Å²) in [6.07, 6.45) is 4.40. The van der Waals surface area contributed by atoms with Crippen LogP contribution in [0.2, 0.25) is 0 Å². The van der Waals surface area contributed by atoms with E-state index in [1.165, 1.54) is 36.6 Å². The van der Waals surface area contributed by atoms with Gasteiger partial charge in [0.05, 0.1) is 11.2 Å². The SMILES string of the molecule is Cc1ccc(NS(=O)(=O)c2ccc(NC(=O)/C=C/c3ccco3)cc2)cc1C. The van der Waals surface area contributed by atoms with Crippen LogP contribution in [0.1, 0.15) is 16.9 Å². The van der Waals surface area contributed by atoms with Gasteiger partial charge in [0.25, 0.3) is 10.0 Å². The van der Waals surface area contributed by atoms with Gasteiger partial charge in [-0.1, -0.05) is 6.07 Å². The number of anilines is 2. The lowest BCUT2D eigenvalue weighted by Crippen LogP contribution is -2.13. The maximum absolute atomic E-state index is 12.5. The van der Waals surface area contributed by atoms with E-state index in [1.54, 1.807) is 30.3 Å². The highest BCUT2D eigenvalue weighted by Gasteiger charge is 2.14. The molecule has 0 fully saturated rings. The minimum atomic E-state index is -3.72. The molecule has 0 aliphatic heterocycles. The second kappa shape index (κ2) is 8.14. The Morgan fingerprint density at radius 3 is 2.32 bits per heavy atom. The summed E-state index contributed by atoms with van der Waals surface area (Å²) in [4.78, 5) is 12.0. The summed E-state index contributed by atoms with van der Waals surface area (Å²) in [5.41, 5.74) is 3.08. The molecule has 144 valence electrons. The third-order valence-corrected chi connectivity index (χ3v) is 5.53. The molecule has 3 aromatic rings. The van der Waals surface area contributed by atoms with Gasteiger partial charge >= 0.3 is 0 Å². The molecule has 0 radical (unpaired) electrons. The van der Waals surface area contributed by atoms with Gasteiger partial charge < -0.3 is 9.73 Å². The highest BCUT2D eigenvalue weighted by molar-refractivity contribution is 7.92. The first-order valence-electron chi connectivity index (χ1n) is 8.56. The van der Waals surface area contributed by atoms with E-state index in [0.29, 0.717) is 17.1 Å². The van der Waals surface area contributed by atoms with E-state index in [1.807, 2.05) is 19.9 Å². The fourth-order valence-corrected chi connectivity index (χ4v) is 3.51. The molecule has 6 nitrogen and oxygen atoms in total. The van der Waals surface area contributed by atoms with Crippen molar-refractivity contribution in [2.75, 3.05) is 10.0 Å². The van der Waals surface area contributed by atoms with Crippen LogP contribution < -0.4 is 10.0 Å². The van der Waals surface area contributed by atoms with Crippen LogP contribution in [0.25, 0.3) is 6.08 Å². The first kappa shape index (κ1) is 19.4. The van der Waals surface area contributed by atoms with Gasteiger partial charge in [0.2, 0.25) is 5.91 Å². The van der Waals surface area contributed by atoms with Crippen LogP contribution in [0, 0.1) is 13.8 Å². The van der Waals surface area contributed by atoms with Crippen molar-refractivity contribution in [1.82, 2.24) is 0 Å². The van der Waals surface area contributed by atoms with Crippen LogP contribution in [-0.4, -0.2) is 14.3 Å². The highest BCUT2D eigenvalue weighted by atomic mass is 32.2. The van der Waals surface area contributed by atoms with Crippen molar-refractivity contribution < 1.29 is 17.6 Å². The lowest BCUT2D eigenvalue weighted by molar-refractivity contribution is -0.111. The monoisotopic (exact) mass is 396 g/mol. The second-order valence-electron chi connectivity index (χ2n) is 6.27. The van der Waals surface area contributed by atoms with Crippen molar-refractivity contribution in [2.45, 2.75) is 18.7 Å². The van der Waals surface area contributed by atoms with Crippen molar-refractivity contribution in [3.8, 4) is 0 Å². The standard InChI is InChI=1S/C21H20N2O4S/c1-15-5-6-18(14-16(15)2)23-28(25,26)20-10-7-17(8-11-20)22-21(24)12-9-19-4-3-13-27-19/h3-14,23H,1-2H3,(H,22,24)/b12-9+. The van der Waals surface area contributed by atoms with Crippen molar-refractivity contribution in [3.05, 3.63) is 83.8 Å². The largest absolute Gasteiger partial charge is 0.465 e. The third-order valence-electron chi connectivity index (χ3n) is 4.13. The Balaban J connectivity index is 1.67. The third kappa shape index (κ3) is 4.89. The van der Waals surface area contributed by atoms with Gasteiger partial charge in [0.15, 0.2) is 0 Å². The molecule has 2 aromatic carbocycles. The number of sulfonamides is 1. The number of hydrogen-bond donors (Lipinski definition) is 2. The summed E-state index contributed by atoms with van der Waals surface area (Å²) in [7, 11) is -3.72. The molecule has 3 rings (SSSR count). The van der Waals surface area contributed by atoms with Gasteiger partial charge in [-0.25, -0.2) is 8.42 Å². The van der Waals surface area contributed by atoms with Crippen LogP contribution in [-0.2, 0) is 14.8 Å². The zero-order chi connectivity index (χ0) is 20.1. The maximum Gasteiger partial charge on any atom is 0.261 e. The van der Waals surface area contributed by atoms with Crippen molar-refractivity contribution in [1.29, 1.82) is 0 Å². The first-order valence-corrected chi connectivity index (χ1v) is 10.0. The fourth-order valence-electron chi connectivity index (χ4n) is 2.46. The Morgan fingerprint density at radius 1 is 0.964 bits per heavy atom. The van der Waals surface area contributed by atoms with Crippen molar-refractivity contribution in [3.63, 3.8) is 0 Å². The zero-order valence-corrected chi connectivity index (χ0v) is 16.3. The molecule has 0 spiro atoms. The van der Waals surface area contributed by atoms with E-state index in [2.05, 4.69) is 10.0 Å². The zero-order valence-electron chi connectivity index (χ0n) is 15.5. The predicted octanol–water partition coefficient (Wildman–Crippen LogP) is 4.35. The van der Waals surface area contributed by atoms with E-state index >= 15 is 0 Å². The van der Waals surface area contributed by atoms with Crippen LogP contribution in [0.4, 0.5) is 11.4 Å². The second-order valence-corrected chi connectivity index (χ2v) is 7.95. The van der Waals surface area contributed by atoms with Crippen molar-refractivity contribution in [2.24, 2.45) is 0 Å². The topological polar surface area (TPSA) is 88.4 Å². The summed E-state index contributed by atoms with van der Waals surface area (Å²) in [5, 5.41) is 2.66. The van der Waals surface area contributed by atoms with Gasteiger partial charge in [0.1, 0.15) is 5.76 Å². The normalized spacial score (nSPS) is 11.5. The summed E-state index contributed by atoms with van der Waals surface area (Å²) < 4.78 is 32.8. The number of benzene rings is 2. The predicted molar refractivity (Wildman–Crippen MR) is 110 cm³/mol. The summed E-state index contributed by atoms with van der Waals surface area (Å²) >= 11 is 0. The molecule has 0 saturated carbocycles. The van der Waals surface area contributed by atoms with Crippen LogP contribution in [0.5, 0.6) is 0 Å². The maximum atomic E-state index is 12.5. The molecule has 7 heteroatoms. The Hall–Kier alpha value is -3.32. The Labute approximate surface area is 163 Å². The van der Waals surface area contributed by atoms with E-state index in [-0.39, 0.29) is 10.8 Å². The van der Waals surface area contributed by atoms with E-state index in [4.69, 9.17) is 4.42 Å². The highest BCUT2D eigenvalue weighted by Crippen LogP contribution is 2.20. The first-order chi connectivity index (χ1) is 13.3. The van der Waals surface area contributed by atoms with Gasteiger partial charge in [-0.2, -0.15) is 0 Å². The molecule has 0 bridgehead atoms. The Bertz CT molecular complexity index is 1100. The summed E-state index contributed by atoms with van der Waals surface area (Å²) in [6.45, 7) is 3.88. The number of rotatable bonds is 6. The van der Waals surface area contributed by atoms with E-state index < -0.39 is 10.0 Å².